The van der Waals surface area contributed by atoms with Crippen LogP contribution in [0.5, 0.6) is 0 Å². The van der Waals surface area contributed by atoms with E-state index in [1.165, 1.54) is 43.2 Å². The molecule has 21 heavy (non-hydrogen) atoms. The zero-order valence-electron chi connectivity index (χ0n) is 13.4. The second-order valence-electron chi connectivity index (χ2n) is 7.15. The first kappa shape index (κ1) is 15.1. The summed E-state index contributed by atoms with van der Waals surface area (Å²) in [6.07, 6.45) is 7.95. The van der Waals surface area contributed by atoms with Gasteiger partial charge in [-0.05, 0) is 56.6 Å². The van der Waals surface area contributed by atoms with Gasteiger partial charge in [0.15, 0.2) is 0 Å². The molecular formula is C19H28O2. The van der Waals surface area contributed by atoms with E-state index >= 15 is 0 Å². The van der Waals surface area contributed by atoms with Gasteiger partial charge in [0.05, 0.1) is 11.7 Å². The molecule has 2 fully saturated rings. The Bertz CT molecular complexity index is 483. The lowest BCUT2D eigenvalue weighted by Crippen LogP contribution is -2.42. The quantitative estimate of drug-likeness (QED) is 0.870. The van der Waals surface area contributed by atoms with Crippen molar-refractivity contribution < 1.29 is 9.84 Å². The number of benzene rings is 1. The molecule has 0 radical (unpaired) electrons. The van der Waals surface area contributed by atoms with Gasteiger partial charge in [0.2, 0.25) is 0 Å². The summed E-state index contributed by atoms with van der Waals surface area (Å²) in [6.45, 7) is 5.03. The van der Waals surface area contributed by atoms with Gasteiger partial charge < -0.3 is 9.84 Å². The van der Waals surface area contributed by atoms with Crippen molar-refractivity contribution in [2.75, 3.05) is 6.61 Å². The molecule has 0 bridgehead atoms. The highest BCUT2D eigenvalue weighted by Crippen LogP contribution is 2.44. The Morgan fingerprint density at radius 3 is 2.67 bits per heavy atom. The van der Waals surface area contributed by atoms with Gasteiger partial charge in [0.25, 0.3) is 0 Å². The van der Waals surface area contributed by atoms with E-state index in [0.29, 0.717) is 5.92 Å². The van der Waals surface area contributed by atoms with Gasteiger partial charge in [-0.3, -0.25) is 0 Å². The minimum Gasteiger partial charge on any atom is -0.388 e. The third-order valence-electron chi connectivity index (χ3n) is 5.49. The van der Waals surface area contributed by atoms with Crippen molar-refractivity contribution in [1.82, 2.24) is 0 Å². The maximum Gasteiger partial charge on any atom is 0.0822 e. The lowest BCUT2D eigenvalue weighted by molar-refractivity contribution is -0.134. The first-order chi connectivity index (χ1) is 10.1. The maximum absolute atomic E-state index is 10.9. The molecule has 2 atom stereocenters. The summed E-state index contributed by atoms with van der Waals surface area (Å²) in [5.74, 6) is 0.346. The number of aryl methyl sites for hydroxylation is 2. The first-order valence-corrected chi connectivity index (χ1v) is 8.49. The molecule has 116 valence electrons. The van der Waals surface area contributed by atoms with Gasteiger partial charge in [-0.1, -0.05) is 43.0 Å². The van der Waals surface area contributed by atoms with Crippen LogP contribution in [0.25, 0.3) is 0 Å². The van der Waals surface area contributed by atoms with Gasteiger partial charge in [-0.25, -0.2) is 0 Å². The van der Waals surface area contributed by atoms with E-state index in [-0.39, 0.29) is 11.7 Å². The summed E-state index contributed by atoms with van der Waals surface area (Å²) in [5, 5.41) is 10.9. The van der Waals surface area contributed by atoms with Crippen LogP contribution >= 0.6 is 0 Å². The van der Waals surface area contributed by atoms with E-state index in [1.807, 2.05) is 0 Å². The second-order valence-corrected chi connectivity index (χ2v) is 7.15. The summed E-state index contributed by atoms with van der Waals surface area (Å²) in [5.41, 5.74) is 3.66. The Hall–Kier alpha value is -0.860. The van der Waals surface area contributed by atoms with Crippen LogP contribution in [-0.2, 0) is 4.74 Å². The summed E-state index contributed by atoms with van der Waals surface area (Å²) in [6, 6.07) is 6.40. The fourth-order valence-corrected chi connectivity index (χ4v) is 4.29. The van der Waals surface area contributed by atoms with Gasteiger partial charge in [-0.15, -0.1) is 0 Å². The number of hydrogen-bond donors (Lipinski definition) is 1. The van der Waals surface area contributed by atoms with Gasteiger partial charge in [0.1, 0.15) is 0 Å². The van der Waals surface area contributed by atoms with E-state index in [0.717, 1.165) is 25.0 Å². The van der Waals surface area contributed by atoms with Gasteiger partial charge >= 0.3 is 0 Å². The number of hydrogen-bond acceptors (Lipinski definition) is 2. The smallest absolute Gasteiger partial charge is 0.0822 e. The summed E-state index contributed by atoms with van der Waals surface area (Å²) >= 11 is 0. The van der Waals surface area contributed by atoms with Crippen LogP contribution in [0.1, 0.15) is 67.7 Å². The predicted octanol–water partition coefficient (Wildman–Crippen LogP) is 4.47. The fourth-order valence-electron chi connectivity index (χ4n) is 4.29. The van der Waals surface area contributed by atoms with Crippen molar-refractivity contribution in [3.8, 4) is 0 Å². The Balaban J connectivity index is 1.76. The van der Waals surface area contributed by atoms with E-state index in [2.05, 4.69) is 32.0 Å². The molecule has 1 spiro atoms. The monoisotopic (exact) mass is 288 g/mol. The molecular weight excluding hydrogens is 260 g/mol. The molecule has 1 saturated carbocycles. The first-order valence-electron chi connectivity index (χ1n) is 8.49. The molecule has 1 N–H and O–H groups in total. The molecule has 2 unspecified atom stereocenters. The molecule has 1 saturated heterocycles. The van der Waals surface area contributed by atoms with Crippen molar-refractivity contribution in [3.05, 3.63) is 34.9 Å². The van der Waals surface area contributed by atoms with Crippen LogP contribution in [0.15, 0.2) is 18.2 Å². The Kier molecular flexibility index (Phi) is 4.37. The summed E-state index contributed by atoms with van der Waals surface area (Å²) in [4.78, 5) is 0. The molecule has 2 nitrogen and oxygen atoms in total. The van der Waals surface area contributed by atoms with Crippen LogP contribution in [0, 0.1) is 19.8 Å². The molecule has 0 amide bonds. The van der Waals surface area contributed by atoms with E-state index in [9.17, 15) is 5.11 Å². The van der Waals surface area contributed by atoms with E-state index in [1.54, 1.807) is 0 Å². The zero-order valence-corrected chi connectivity index (χ0v) is 13.4. The van der Waals surface area contributed by atoms with Crippen LogP contribution in [0.3, 0.4) is 0 Å². The van der Waals surface area contributed by atoms with Gasteiger partial charge in [-0.2, -0.15) is 0 Å². The average Bonchev–Trinajstić information content (AvgIpc) is 2.47. The predicted molar refractivity (Wildman–Crippen MR) is 85.4 cm³/mol. The summed E-state index contributed by atoms with van der Waals surface area (Å²) < 4.78 is 6.16. The van der Waals surface area contributed by atoms with Gasteiger partial charge in [0, 0.05) is 6.61 Å². The average molecular weight is 288 g/mol. The highest BCUT2D eigenvalue weighted by atomic mass is 16.5. The second kappa shape index (κ2) is 6.10. The van der Waals surface area contributed by atoms with Crippen LogP contribution in [0.4, 0.5) is 0 Å². The van der Waals surface area contributed by atoms with E-state index in [4.69, 9.17) is 4.74 Å². The highest BCUT2D eigenvalue weighted by molar-refractivity contribution is 5.32. The largest absolute Gasteiger partial charge is 0.388 e. The molecule has 2 heteroatoms. The standard InChI is InChI=1S/C19H28O2/c1-14-6-7-17(15(2)12-14)18(20)16-8-11-21-19(13-16)9-4-3-5-10-19/h6-7,12,16,18,20H,3-5,8-11,13H2,1-2H3. The topological polar surface area (TPSA) is 29.5 Å². The third-order valence-corrected chi connectivity index (χ3v) is 5.49. The molecule has 3 rings (SSSR count). The number of aliphatic hydroxyl groups excluding tert-OH is 1. The Morgan fingerprint density at radius 1 is 1.19 bits per heavy atom. The fraction of sp³-hybridized carbons (Fsp3) is 0.684. The van der Waals surface area contributed by atoms with Crippen LogP contribution < -0.4 is 0 Å². The number of ether oxygens (including phenoxy) is 1. The molecule has 1 aromatic rings. The van der Waals surface area contributed by atoms with Crippen molar-refractivity contribution in [1.29, 1.82) is 0 Å². The molecule has 1 aliphatic carbocycles. The van der Waals surface area contributed by atoms with Crippen molar-refractivity contribution in [2.45, 2.75) is 70.5 Å². The molecule has 2 aliphatic rings. The van der Waals surface area contributed by atoms with Crippen molar-refractivity contribution in [3.63, 3.8) is 0 Å². The Morgan fingerprint density at radius 2 is 1.95 bits per heavy atom. The SMILES string of the molecule is Cc1ccc(C(O)C2CCOC3(CCCCC3)C2)c(C)c1. The minimum absolute atomic E-state index is 0.0702. The lowest BCUT2D eigenvalue weighted by Gasteiger charge is -2.44. The molecule has 1 aromatic carbocycles. The number of rotatable bonds is 2. The van der Waals surface area contributed by atoms with Crippen molar-refractivity contribution >= 4 is 0 Å². The zero-order chi connectivity index (χ0) is 14.9. The summed E-state index contributed by atoms with van der Waals surface area (Å²) in [7, 11) is 0. The normalized spacial score (nSPS) is 26.7. The van der Waals surface area contributed by atoms with E-state index < -0.39 is 0 Å². The van der Waals surface area contributed by atoms with Crippen molar-refractivity contribution in [2.24, 2.45) is 5.92 Å². The number of aliphatic hydroxyl groups is 1. The van der Waals surface area contributed by atoms with Crippen LogP contribution in [-0.4, -0.2) is 17.3 Å². The lowest BCUT2D eigenvalue weighted by atomic mass is 9.73. The molecule has 0 aromatic heterocycles. The molecule has 1 aliphatic heterocycles. The Labute approximate surface area is 128 Å². The van der Waals surface area contributed by atoms with Crippen LogP contribution in [0.2, 0.25) is 0 Å². The highest BCUT2D eigenvalue weighted by Gasteiger charge is 2.40. The maximum atomic E-state index is 10.9. The third kappa shape index (κ3) is 3.17. The minimum atomic E-state index is -0.340. The molecule has 1 heterocycles.